The van der Waals surface area contributed by atoms with Crippen LogP contribution in [0.5, 0.6) is 5.75 Å². The van der Waals surface area contributed by atoms with Gasteiger partial charge in [0.15, 0.2) is 5.78 Å². The van der Waals surface area contributed by atoms with Gasteiger partial charge in [-0.25, -0.2) is 0 Å². The van der Waals surface area contributed by atoms with Crippen molar-refractivity contribution in [1.29, 1.82) is 0 Å². The molecule has 2 aromatic rings. The van der Waals surface area contributed by atoms with E-state index in [9.17, 15) is 9.59 Å². The van der Waals surface area contributed by atoms with Gasteiger partial charge in [0.1, 0.15) is 5.75 Å². The number of aliphatic carboxylic acids is 1. The second kappa shape index (κ2) is 7.45. The number of halogens is 1. The Bertz CT molecular complexity index is 1050. The average Bonchev–Trinajstić information content (AvgIpc) is 3.05. The average molecular weight is 455 g/mol. The van der Waals surface area contributed by atoms with Crippen molar-refractivity contribution < 1.29 is 19.4 Å². The second-order valence-electron chi connectivity index (χ2n) is 8.19. The summed E-state index contributed by atoms with van der Waals surface area (Å²) < 4.78 is 6.87. The molecule has 2 aliphatic rings. The van der Waals surface area contributed by atoms with Gasteiger partial charge in [-0.2, -0.15) is 0 Å². The summed E-state index contributed by atoms with van der Waals surface area (Å²) in [7, 11) is 0. The normalized spacial score (nSPS) is 16.3. The van der Waals surface area contributed by atoms with E-state index >= 15 is 0 Å². The highest BCUT2D eigenvalue weighted by Crippen LogP contribution is 2.50. The molecule has 0 radical (unpaired) electrons. The van der Waals surface area contributed by atoms with Gasteiger partial charge in [0, 0.05) is 27.4 Å². The van der Waals surface area contributed by atoms with Gasteiger partial charge in [-0.05, 0) is 71.9 Å². The number of carbonyl (C=O) groups is 2. The zero-order valence-electron chi connectivity index (χ0n) is 16.5. The van der Waals surface area contributed by atoms with Gasteiger partial charge in [-0.15, -0.1) is 0 Å². The molecule has 2 aliphatic carbocycles. The molecule has 0 fully saturated rings. The molecule has 150 valence electrons. The van der Waals surface area contributed by atoms with E-state index < -0.39 is 5.97 Å². The van der Waals surface area contributed by atoms with E-state index in [1.807, 2.05) is 30.3 Å². The van der Waals surface area contributed by atoms with Crippen LogP contribution in [0.15, 0.2) is 46.4 Å². The number of carbonyl (C=O) groups excluding carboxylic acids is 1. The molecule has 0 unspecified atom stereocenters. The third-order valence-corrected chi connectivity index (χ3v) is 6.44. The number of fused-ring (bicyclic) bond motifs is 3. The van der Waals surface area contributed by atoms with Crippen LogP contribution in [0.25, 0.3) is 5.57 Å². The summed E-state index contributed by atoms with van der Waals surface area (Å²) in [5.74, 6) is 0.0263. The number of allylic oxidation sites excluding steroid dienone is 2. The van der Waals surface area contributed by atoms with E-state index in [2.05, 4.69) is 35.8 Å². The smallest absolute Gasteiger partial charge is 0.303 e. The van der Waals surface area contributed by atoms with E-state index in [1.165, 1.54) is 11.1 Å². The van der Waals surface area contributed by atoms with E-state index in [0.29, 0.717) is 19.4 Å². The fraction of sp³-hybridized carbons (Fsp3) is 0.333. The highest BCUT2D eigenvalue weighted by molar-refractivity contribution is 9.10. The van der Waals surface area contributed by atoms with Crippen LogP contribution in [0, 0.1) is 0 Å². The van der Waals surface area contributed by atoms with Crippen LogP contribution in [0.4, 0.5) is 0 Å². The highest BCUT2D eigenvalue weighted by atomic mass is 79.9. The SMILES string of the molecule is CC1(C)C2=C(C(=O)c3ccc(OCCCCC(=O)O)cc31)c1ccc(Br)cc1C2. The number of hydrogen-bond acceptors (Lipinski definition) is 3. The predicted molar refractivity (Wildman–Crippen MR) is 116 cm³/mol. The van der Waals surface area contributed by atoms with Crippen molar-refractivity contribution in [3.05, 3.63) is 68.7 Å². The summed E-state index contributed by atoms with van der Waals surface area (Å²) >= 11 is 3.54. The van der Waals surface area contributed by atoms with Crippen LogP contribution in [0.3, 0.4) is 0 Å². The fourth-order valence-corrected chi connectivity index (χ4v) is 4.79. The third-order valence-electron chi connectivity index (χ3n) is 5.95. The van der Waals surface area contributed by atoms with E-state index in [0.717, 1.165) is 38.9 Å². The number of carboxylic acids is 1. The maximum absolute atomic E-state index is 13.3. The van der Waals surface area contributed by atoms with E-state index in [4.69, 9.17) is 9.84 Å². The minimum atomic E-state index is -0.785. The second-order valence-corrected chi connectivity index (χ2v) is 9.11. The molecule has 0 amide bonds. The van der Waals surface area contributed by atoms with Crippen molar-refractivity contribution in [3.63, 3.8) is 0 Å². The summed E-state index contributed by atoms with van der Waals surface area (Å²) in [5.41, 5.74) is 5.72. The number of carboxylic acid groups (broad SMARTS) is 1. The topological polar surface area (TPSA) is 63.6 Å². The molecular weight excluding hydrogens is 432 g/mol. The standard InChI is InChI=1S/C24H23BrO4/c1-24(2)19-13-16(29-10-4-3-5-21(26)27)7-9-18(19)23(28)22-17-8-6-15(25)11-14(17)12-20(22)24/h6-9,11,13H,3-5,10,12H2,1-2H3,(H,26,27). The molecular formula is C24H23BrO4. The summed E-state index contributed by atoms with van der Waals surface area (Å²) in [6, 6.07) is 11.8. The van der Waals surface area contributed by atoms with Crippen molar-refractivity contribution in [1.82, 2.24) is 0 Å². The number of benzene rings is 2. The summed E-state index contributed by atoms with van der Waals surface area (Å²) in [5, 5.41) is 8.72. The molecule has 0 saturated heterocycles. The molecule has 0 bridgehead atoms. The zero-order chi connectivity index (χ0) is 20.8. The number of ether oxygens (including phenoxy) is 1. The zero-order valence-corrected chi connectivity index (χ0v) is 18.1. The third kappa shape index (κ3) is 3.52. The van der Waals surface area contributed by atoms with Gasteiger partial charge in [-0.3, -0.25) is 9.59 Å². The lowest BCUT2D eigenvalue weighted by atomic mass is 9.68. The van der Waals surface area contributed by atoms with Crippen molar-refractivity contribution in [3.8, 4) is 5.75 Å². The van der Waals surface area contributed by atoms with Gasteiger partial charge >= 0.3 is 5.97 Å². The molecule has 0 aromatic heterocycles. The van der Waals surface area contributed by atoms with Crippen LogP contribution in [0.2, 0.25) is 0 Å². The summed E-state index contributed by atoms with van der Waals surface area (Å²) in [6.45, 7) is 4.81. The molecule has 4 nitrogen and oxygen atoms in total. The van der Waals surface area contributed by atoms with Crippen molar-refractivity contribution >= 4 is 33.3 Å². The molecule has 29 heavy (non-hydrogen) atoms. The number of ketones is 1. The molecule has 0 saturated carbocycles. The molecule has 0 heterocycles. The van der Waals surface area contributed by atoms with Crippen molar-refractivity contribution in [2.24, 2.45) is 0 Å². The Morgan fingerprint density at radius 2 is 1.90 bits per heavy atom. The number of unbranched alkanes of at least 4 members (excludes halogenated alkanes) is 1. The molecule has 0 aliphatic heterocycles. The molecule has 5 heteroatoms. The van der Waals surface area contributed by atoms with E-state index in [-0.39, 0.29) is 17.6 Å². The minimum Gasteiger partial charge on any atom is -0.494 e. The Kier molecular flexibility index (Phi) is 5.11. The lowest BCUT2D eigenvalue weighted by Gasteiger charge is -2.34. The number of Topliss-reactive ketones (excluding diaryl/α,β-unsaturated/α-hetero) is 1. The first-order chi connectivity index (χ1) is 13.8. The number of rotatable bonds is 6. The maximum atomic E-state index is 13.3. The van der Waals surface area contributed by atoms with Gasteiger partial charge in [0.2, 0.25) is 0 Å². The van der Waals surface area contributed by atoms with Crippen LogP contribution in [-0.2, 0) is 16.6 Å². The predicted octanol–water partition coefficient (Wildman–Crippen LogP) is 5.57. The first kappa shape index (κ1) is 19.9. The number of hydrogen-bond donors (Lipinski definition) is 1. The summed E-state index contributed by atoms with van der Waals surface area (Å²) in [6.07, 6.45) is 2.21. The lowest BCUT2D eigenvalue weighted by molar-refractivity contribution is -0.137. The van der Waals surface area contributed by atoms with Crippen LogP contribution in [-0.4, -0.2) is 23.5 Å². The van der Waals surface area contributed by atoms with Crippen molar-refractivity contribution in [2.75, 3.05) is 6.61 Å². The lowest BCUT2D eigenvalue weighted by Crippen LogP contribution is -2.29. The largest absolute Gasteiger partial charge is 0.494 e. The van der Waals surface area contributed by atoms with Crippen molar-refractivity contribution in [2.45, 2.75) is 44.9 Å². The Morgan fingerprint density at radius 1 is 1.14 bits per heavy atom. The fourth-order valence-electron chi connectivity index (χ4n) is 4.38. The Balaban J connectivity index is 1.60. The highest BCUT2D eigenvalue weighted by Gasteiger charge is 2.42. The Labute approximate surface area is 178 Å². The Hall–Kier alpha value is -2.40. The molecule has 0 spiro atoms. The van der Waals surface area contributed by atoms with E-state index in [1.54, 1.807) is 0 Å². The summed E-state index contributed by atoms with van der Waals surface area (Å²) in [4.78, 5) is 23.9. The first-order valence-corrected chi connectivity index (χ1v) is 10.6. The van der Waals surface area contributed by atoms with Crippen LogP contribution in [0.1, 0.15) is 60.2 Å². The maximum Gasteiger partial charge on any atom is 0.303 e. The van der Waals surface area contributed by atoms with Gasteiger partial charge in [-0.1, -0.05) is 35.8 Å². The molecule has 0 atom stereocenters. The molecule has 1 N–H and O–H groups in total. The minimum absolute atomic E-state index is 0.0865. The van der Waals surface area contributed by atoms with Crippen LogP contribution >= 0.6 is 15.9 Å². The molecule has 2 aromatic carbocycles. The Morgan fingerprint density at radius 3 is 2.66 bits per heavy atom. The van der Waals surface area contributed by atoms with Crippen LogP contribution < -0.4 is 4.74 Å². The first-order valence-electron chi connectivity index (χ1n) is 9.85. The molecule has 4 rings (SSSR count). The van der Waals surface area contributed by atoms with Gasteiger partial charge in [0.25, 0.3) is 0 Å². The van der Waals surface area contributed by atoms with Gasteiger partial charge < -0.3 is 9.84 Å². The quantitative estimate of drug-likeness (QED) is 0.579. The van der Waals surface area contributed by atoms with Gasteiger partial charge in [0.05, 0.1) is 6.61 Å². The monoisotopic (exact) mass is 454 g/mol.